The molecule has 110 valence electrons. The molecule has 1 aliphatic heterocycles. The van der Waals surface area contributed by atoms with Gasteiger partial charge in [-0.05, 0) is 30.6 Å². The quantitative estimate of drug-likeness (QED) is 0.710. The number of hydrogen-bond acceptors (Lipinski definition) is 2. The summed E-state index contributed by atoms with van der Waals surface area (Å²) in [6, 6.07) is -0.638. The maximum atomic E-state index is 11.8. The molecule has 0 unspecified atom stereocenters. The summed E-state index contributed by atoms with van der Waals surface area (Å²) in [6.07, 6.45) is 2.68. The highest BCUT2D eigenvalue weighted by Gasteiger charge is 2.25. The fourth-order valence-corrected chi connectivity index (χ4v) is 2.62. The van der Waals surface area contributed by atoms with E-state index in [1.165, 1.54) is 0 Å². The Balaban J connectivity index is 2.33. The number of nitrogens with one attached hydrogen (secondary N) is 3. The van der Waals surface area contributed by atoms with Crippen LogP contribution in [0.4, 0.5) is 4.79 Å². The molecule has 3 N–H and O–H groups in total. The highest BCUT2D eigenvalue weighted by atomic mass is 16.2. The number of urea groups is 1. The van der Waals surface area contributed by atoms with Crippen LogP contribution in [0.25, 0.3) is 0 Å². The molecule has 19 heavy (non-hydrogen) atoms. The molecule has 0 spiro atoms. The average molecular weight is 269 g/mol. The van der Waals surface area contributed by atoms with Gasteiger partial charge in [0.05, 0.1) is 0 Å². The van der Waals surface area contributed by atoms with Crippen LogP contribution in [0.5, 0.6) is 0 Å². The standard InChI is InChI=1S/C14H27N3O2/c1-10(2)8-14(3,4)9-16-13(19)17-11-6-5-7-15-12(11)18/h10-11H,5-9H2,1-4H3,(H,15,18)(H2,16,17,19)/t11-/m1/s1. The third-order valence-corrected chi connectivity index (χ3v) is 3.28. The summed E-state index contributed by atoms with van der Waals surface area (Å²) in [4.78, 5) is 23.3. The van der Waals surface area contributed by atoms with Crippen LogP contribution >= 0.6 is 0 Å². The SMILES string of the molecule is CC(C)CC(C)(C)CNC(=O)N[C@@H]1CCCNC1=O. The molecule has 1 rings (SSSR count). The molecule has 0 saturated carbocycles. The van der Waals surface area contributed by atoms with Gasteiger partial charge in [-0.2, -0.15) is 0 Å². The van der Waals surface area contributed by atoms with Gasteiger partial charge >= 0.3 is 6.03 Å². The second-order valence-corrected chi connectivity index (χ2v) is 6.58. The molecule has 1 atom stereocenters. The number of rotatable bonds is 5. The Morgan fingerprint density at radius 3 is 2.74 bits per heavy atom. The molecular weight excluding hydrogens is 242 g/mol. The summed E-state index contributed by atoms with van der Waals surface area (Å²) < 4.78 is 0. The van der Waals surface area contributed by atoms with Gasteiger partial charge in [0.1, 0.15) is 6.04 Å². The van der Waals surface area contributed by atoms with Crippen molar-refractivity contribution in [3.8, 4) is 0 Å². The zero-order valence-electron chi connectivity index (χ0n) is 12.5. The van der Waals surface area contributed by atoms with E-state index in [-0.39, 0.29) is 23.4 Å². The molecule has 3 amide bonds. The topological polar surface area (TPSA) is 70.2 Å². The van der Waals surface area contributed by atoms with Crippen LogP contribution in [-0.2, 0) is 4.79 Å². The second-order valence-electron chi connectivity index (χ2n) is 6.58. The summed E-state index contributed by atoms with van der Waals surface area (Å²) in [5, 5.41) is 8.35. The van der Waals surface area contributed by atoms with Crippen LogP contribution in [0.2, 0.25) is 0 Å². The van der Waals surface area contributed by atoms with Gasteiger partial charge in [0.2, 0.25) is 5.91 Å². The van der Waals surface area contributed by atoms with E-state index in [4.69, 9.17) is 0 Å². The summed E-state index contributed by atoms with van der Waals surface area (Å²) in [5.41, 5.74) is 0.0698. The van der Waals surface area contributed by atoms with Crippen molar-refractivity contribution in [3.05, 3.63) is 0 Å². The third kappa shape index (κ3) is 5.94. The fraction of sp³-hybridized carbons (Fsp3) is 0.857. The molecule has 1 saturated heterocycles. The molecule has 0 radical (unpaired) electrons. The first kappa shape index (κ1) is 15.8. The van der Waals surface area contributed by atoms with Crippen LogP contribution in [0.15, 0.2) is 0 Å². The minimum Gasteiger partial charge on any atom is -0.354 e. The summed E-state index contributed by atoms with van der Waals surface area (Å²) in [5.74, 6) is 0.520. The maximum Gasteiger partial charge on any atom is 0.315 e. The van der Waals surface area contributed by atoms with Crippen molar-refractivity contribution in [3.63, 3.8) is 0 Å². The van der Waals surface area contributed by atoms with Crippen molar-refractivity contribution in [2.75, 3.05) is 13.1 Å². The van der Waals surface area contributed by atoms with Gasteiger partial charge < -0.3 is 16.0 Å². The van der Waals surface area contributed by atoms with Gasteiger partial charge in [-0.1, -0.05) is 27.7 Å². The van der Waals surface area contributed by atoms with E-state index in [1.807, 2.05) is 0 Å². The summed E-state index contributed by atoms with van der Waals surface area (Å²) in [6.45, 7) is 9.95. The molecule has 0 aromatic carbocycles. The Hall–Kier alpha value is -1.26. The lowest BCUT2D eigenvalue weighted by Crippen LogP contribution is -2.53. The molecule has 0 aromatic heterocycles. The van der Waals surface area contributed by atoms with Crippen molar-refractivity contribution >= 4 is 11.9 Å². The predicted octanol–water partition coefficient (Wildman–Crippen LogP) is 1.64. The average Bonchev–Trinajstić information content (AvgIpc) is 2.28. The highest BCUT2D eigenvalue weighted by Crippen LogP contribution is 2.23. The zero-order valence-corrected chi connectivity index (χ0v) is 12.5. The van der Waals surface area contributed by atoms with E-state index in [2.05, 4.69) is 43.6 Å². The number of carbonyl (C=O) groups excluding carboxylic acids is 2. The van der Waals surface area contributed by atoms with E-state index in [1.54, 1.807) is 0 Å². The Bertz CT molecular complexity index is 327. The van der Waals surface area contributed by atoms with Crippen molar-refractivity contribution in [1.82, 2.24) is 16.0 Å². The highest BCUT2D eigenvalue weighted by molar-refractivity contribution is 5.87. The number of amides is 3. The summed E-state index contributed by atoms with van der Waals surface area (Å²) >= 11 is 0. The molecule has 0 aromatic rings. The Morgan fingerprint density at radius 1 is 1.47 bits per heavy atom. The first-order valence-electron chi connectivity index (χ1n) is 7.12. The second kappa shape index (κ2) is 6.78. The first-order chi connectivity index (χ1) is 8.80. The minimum absolute atomic E-state index is 0.0698. The lowest BCUT2D eigenvalue weighted by atomic mass is 9.84. The van der Waals surface area contributed by atoms with E-state index >= 15 is 0 Å². The van der Waals surface area contributed by atoms with Gasteiger partial charge in [-0.15, -0.1) is 0 Å². The molecule has 1 fully saturated rings. The van der Waals surface area contributed by atoms with Crippen LogP contribution in [0, 0.1) is 11.3 Å². The van der Waals surface area contributed by atoms with Gasteiger partial charge in [-0.25, -0.2) is 4.79 Å². The molecule has 0 aliphatic carbocycles. The Kier molecular flexibility index (Phi) is 5.63. The molecule has 5 heteroatoms. The lowest BCUT2D eigenvalue weighted by molar-refractivity contribution is -0.124. The van der Waals surface area contributed by atoms with E-state index in [0.717, 1.165) is 12.8 Å². The van der Waals surface area contributed by atoms with Gasteiger partial charge in [0.25, 0.3) is 0 Å². The van der Waals surface area contributed by atoms with Crippen molar-refractivity contribution in [2.45, 2.75) is 53.0 Å². The lowest BCUT2D eigenvalue weighted by Gasteiger charge is -2.28. The van der Waals surface area contributed by atoms with Gasteiger partial charge in [0, 0.05) is 13.1 Å². The largest absolute Gasteiger partial charge is 0.354 e. The zero-order chi connectivity index (χ0) is 14.5. The van der Waals surface area contributed by atoms with Crippen LogP contribution < -0.4 is 16.0 Å². The molecule has 0 bridgehead atoms. The molecular formula is C14H27N3O2. The van der Waals surface area contributed by atoms with Crippen molar-refractivity contribution < 1.29 is 9.59 Å². The fourth-order valence-electron chi connectivity index (χ4n) is 2.62. The van der Waals surface area contributed by atoms with E-state index in [0.29, 0.717) is 25.4 Å². The normalized spacial score (nSPS) is 20.1. The summed E-state index contributed by atoms with van der Waals surface area (Å²) in [7, 11) is 0. The van der Waals surface area contributed by atoms with Crippen LogP contribution in [0.1, 0.15) is 47.0 Å². The van der Waals surface area contributed by atoms with Crippen molar-refractivity contribution in [2.24, 2.45) is 11.3 Å². The minimum atomic E-state index is -0.387. The molecule has 1 aliphatic rings. The predicted molar refractivity (Wildman–Crippen MR) is 75.8 cm³/mol. The van der Waals surface area contributed by atoms with E-state index in [9.17, 15) is 9.59 Å². The number of hydrogen-bond donors (Lipinski definition) is 3. The monoisotopic (exact) mass is 269 g/mol. The number of piperidine rings is 1. The molecule has 1 heterocycles. The van der Waals surface area contributed by atoms with Crippen molar-refractivity contribution in [1.29, 1.82) is 0 Å². The molecule has 5 nitrogen and oxygen atoms in total. The maximum absolute atomic E-state index is 11.8. The van der Waals surface area contributed by atoms with E-state index < -0.39 is 0 Å². The Morgan fingerprint density at radius 2 is 2.16 bits per heavy atom. The first-order valence-corrected chi connectivity index (χ1v) is 7.12. The third-order valence-electron chi connectivity index (χ3n) is 3.28. The number of carbonyl (C=O) groups is 2. The van der Waals surface area contributed by atoms with Gasteiger partial charge in [0.15, 0.2) is 0 Å². The Labute approximate surface area is 115 Å². The van der Waals surface area contributed by atoms with Crippen LogP contribution in [0.3, 0.4) is 0 Å². The van der Waals surface area contributed by atoms with Crippen LogP contribution in [-0.4, -0.2) is 31.1 Å². The van der Waals surface area contributed by atoms with Gasteiger partial charge in [-0.3, -0.25) is 4.79 Å². The smallest absolute Gasteiger partial charge is 0.315 e.